The minimum atomic E-state index is -0.863. The zero-order chi connectivity index (χ0) is 15.7. The summed E-state index contributed by atoms with van der Waals surface area (Å²) >= 11 is 0. The average Bonchev–Trinajstić information content (AvgIpc) is 2.71. The molecule has 21 heavy (non-hydrogen) atoms. The van der Waals surface area contributed by atoms with Crippen molar-refractivity contribution in [1.29, 1.82) is 0 Å². The minimum absolute atomic E-state index is 0.135. The quantitative estimate of drug-likeness (QED) is 0.492. The zero-order valence-electron chi connectivity index (χ0n) is 13.2. The SMILES string of the molecule is CC(=O)OC1CC2C(=C1C)C(C=C(C)C(=O)O)CCC2C. The van der Waals surface area contributed by atoms with Crippen LogP contribution < -0.4 is 0 Å². The van der Waals surface area contributed by atoms with Crippen molar-refractivity contribution in [1.82, 2.24) is 0 Å². The van der Waals surface area contributed by atoms with E-state index in [1.807, 2.05) is 13.0 Å². The molecule has 0 saturated heterocycles. The number of hydrogen-bond acceptors (Lipinski definition) is 3. The molecule has 1 fully saturated rings. The molecule has 2 aliphatic rings. The second-order valence-electron chi connectivity index (χ2n) is 6.39. The van der Waals surface area contributed by atoms with Gasteiger partial charge in [0.15, 0.2) is 0 Å². The maximum absolute atomic E-state index is 11.2. The van der Waals surface area contributed by atoms with Crippen LogP contribution in [0.2, 0.25) is 0 Å². The molecule has 4 unspecified atom stereocenters. The molecule has 0 aromatic heterocycles. The number of fused-ring (bicyclic) bond motifs is 1. The molecule has 0 aromatic rings. The Labute approximate surface area is 125 Å². The summed E-state index contributed by atoms with van der Waals surface area (Å²) in [7, 11) is 0. The van der Waals surface area contributed by atoms with Crippen LogP contribution in [0, 0.1) is 17.8 Å². The summed E-state index contributed by atoms with van der Waals surface area (Å²) in [6, 6.07) is 0. The lowest BCUT2D eigenvalue weighted by Crippen LogP contribution is -2.24. The number of carbonyl (C=O) groups is 2. The predicted octanol–water partition coefficient (Wildman–Crippen LogP) is 3.33. The maximum Gasteiger partial charge on any atom is 0.330 e. The first-order valence-corrected chi connectivity index (χ1v) is 7.60. The fourth-order valence-corrected chi connectivity index (χ4v) is 3.80. The Bertz CT molecular complexity index is 515. The van der Waals surface area contributed by atoms with E-state index in [0.29, 0.717) is 17.4 Å². The van der Waals surface area contributed by atoms with Gasteiger partial charge in [-0.05, 0) is 56.4 Å². The molecule has 2 aliphatic carbocycles. The standard InChI is InChI=1S/C17H24O4/c1-9-5-6-13(7-10(2)17(19)20)16-11(3)15(8-14(9)16)21-12(4)18/h7,9,13-15H,5-6,8H2,1-4H3,(H,19,20). The van der Waals surface area contributed by atoms with Gasteiger partial charge in [-0.3, -0.25) is 4.79 Å². The van der Waals surface area contributed by atoms with Crippen LogP contribution in [0.25, 0.3) is 0 Å². The van der Waals surface area contributed by atoms with Crippen LogP contribution in [0.1, 0.15) is 47.0 Å². The third kappa shape index (κ3) is 3.20. The highest BCUT2D eigenvalue weighted by Gasteiger charge is 2.41. The lowest BCUT2D eigenvalue weighted by Gasteiger charge is -2.33. The summed E-state index contributed by atoms with van der Waals surface area (Å²) in [5, 5.41) is 9.09. The molecule has 0 aromatic carbocycles. The Morgan fingerprint density at radius 1 is 1.29 bits per heavy atom. The van der Waals surface area contributed by atoms with Gasteiger partial charge in [0.1, 0.15) is 6.10 Å². The Balaban J connectivity index is 2.32. The number of ether oxygens (including phenoxy) is 1. The number of allylic oxidation sites excluding steroid dienone is 2. The van der Waals surface area contributed by atoms with E-state index in [1.165, 1.54) is 12.5 Å². The molecule has 0 radical (unpaired) electrons. The zero-order valence-corrected chi connectivity index (χ0v) is 13.2. The largest absolute Gasteiger partial charge is 0.478 e. The molecule has 4 atom stereocenters. The highest BCUT2D eigenvalue weighted by Crippen LogP contribution is 2.49. The predicted molar refractivity (Wildman–Crippen MR) is 79.6 cm³/mol. The summed E-state index contributed by atoms with van der Waals surface area (Å²) in [5.41, 5.74) is 2.83. The van der Waals surface area contributed by atoms with E-state index in [0.717, 1.165) is 24.8 Å². The molecule has 0 spiro atoms. The van der Waals surface area contributed by atoms with Gasteiger partial charge >= 0.3 is 11.9 Å². The van der Waals surface area contributed by atoms with Crippen molar-refractivity contribution >= 4 is 11.9 Å². The van der Waals surface area contributed by atoms with Gasteiger partial charge in [0.25, 0.3) is 0 Å². The van der Waals surface area contributed by atoms with Crippen LogP contribution in [0.5, 0.6) is 0 Å². The van der Waals surface area contributed by atoms with Gasteiger partial charge < -0.3 is 9.84 Å². The highest BCUT2D eigenvalue weighted by atomic mass is 16.5. The van der Waals surface area contributed by atoms with Gasteiger partial charge in [0.05, 0.1) is 0 Å². The monoisotopic (exact) mass is 292 g/mol. The molecule has 0 heterocycles. The van der Waals surface area contributed by atoms with Crippen molar-refractivity contribution in [2.75, 3.05) is 0 Å². The number of rotatable bonds is 3. The van der Waals surface area contributed by atoms with Crippen molar-refractivity contribution in [3.8, 4) is 0 Å². The Morgan fingerprint density at radius 2 is 1.95 bits per heavy atom. The van der Waals surface area contributed by atoms with Gasteiger partial charge in [-0.25, -0.2) is 4.79 Å². The first kappa shape index (κ1) is 15.8. The summed E-state index contributed by atoms with van der Waals surface area (Å²) in [6.07, 6.45) is 4.64. The number of carbonyl (C=O) groups excluding carboxylic acids is 1. The van der Waals surface area contributed by atoms with Crippen LogP contribution in [-0.4, -0.2) is 23.1 Å². The topological polar surface area (TPSA) is 63.6 Å². The van der Waals surface area contributed by atoms with E-state index >= 15 is 0 Å². The summed E-state index contributed by atoms with van der Waals surface area (Å²) in [4.78, 5) is 22.3. The fraction of sp³-hybridized carbons (Fsp3) is 0.647. The van der Waals surface area contributed by atoms with Crippen molar-refractivity contribution in [2.45, 2.75) is 53.1 Å². The molecule has 116 valence electrons. The van der Waals surface area contributed by atoms with Gasteiger partial charge in [0.2, 0.25) is 0 Å². The summed E-state index contributed by atoms with van der Waals surface area (Å²) < 4.78 is 5.43. The van der Waals surface area contributed by atoms with Crippen molar-refractivity contribution in [3.05, 3.63) is 22.8 Å². The normalized spacial score (nSPS) is 32.9. The van der Waals surface area contributed by atoms with Crippen LogP contribution in [0.4, 0.5) is 0 Å². The van der Waals surface area contributed by atoms with Crippen molar-refractivity contribution in [3.63, 3.8) is 0 Å². The van der Waals surface area contributed by atoms with E-state index in [9.17, 15) is 9.59 Å². The Hall–Kier alpha value is -1.58. The molecule has 0 bridgehead atoms. The molecule has 2 rings (SSSR count). The maximum atomic E-state index is 11.2. The number of carboxylic acids is 1. The molecule has 1 saturated carbocycles. The third-order valence-electron chi connectivity index (χ3n) is 4.92. The van der Waals surface area contributed by atoms with Crippen molar-refractivity contribution in [2.24, 2.45) is 17.8 Å². The molecule has 4 heteroatoms. The van der Waals surface area contributed by atoms with Crippen molar-refractivity contribution < 1.29 is 19.4 Å². The lowest BCUT2D eigenvalue weighted by atomic mass is 9.71. The van der Waals surface area contributed by atoms with E-state index in [2.05, 4.69) is 6.92 Å². The minimum Gasteiger partial charge on any atom is -0.478 e. The van der Waals surface area contributed by atoms with E-state index in [1.54, 1.807) is 6.92 Å². The number of aliphatic carboxylic acids is 1. The summed E-state index contributed by atoms with van der Waals surface area (Å²) in [5.74, 6) is 0.0251. The van der Waals surface area contributed by atoms with Crippen LogP contribution in [0.15, 0.2) is 22.8 Å². The smallest absolute Gasteiger partial charge is 0.330 e. The first-order valence-electron chi connectivity index (χ1n) is 7.60. The molecule has 0 amide bonds. The van der Waals surface area contributed by atoms with Crippen LogP contribution in [-0.2, 0) is 14.3 Å². The molecule has 1 N–H and O–H groups in total. The molecule has 4 nitrogen and oxygen atoms in total. The van der Waals surface area contributed by atoms with Crippen LogP contribution in [0.3, 0.4) is 0 Å². The Kier molecular flexibility index (Phi) is 4.55. The Morgan fingerprint density at radius 3 is 2.52 bits per heavy atom. The molecular weight excluding hydrogens is 268 g/mol. The first-order chi connectivity index (χ1) is 9.81. The number of esters is 1. The summed E-state index contributed by atoms with van der Waals surface area (Å²) in [6.45, 7) is 7.34. The van der Waals surface area contributed by atoms with E-state index in [-0.39, 0.29) is 18.0 Å². The molecule has 0 aliphatic heterocycles. The number of hydrogen-bond donors (Lipinski definition) is 1. The van der Waals surface area contributed by atoms with Gasteiger partial charge in [-0.15, -0.1) is 0 Å². The van der Waals surface area contributed by atoms with Gasteiger partial charge in [-0.1, -0.05) is 18.6 Å². The highest BCUT2D eigenvalue weighted by molar-refractivity contribution is 5.85. The van der Waals surface area contributed by atoms with E-state index < -0.39 is 5.97 Å². The van der Waals surface area contributed by atoms with E-state index in [4.69, 9.17) is 9.84 Å². The third-order valence-corrected chi connectivity index (χ3v) is 4.92. The van der Waals surface area contributed by atoms with Gasteiger partial charge in [0, 0.05) is 12.5 Å². The van der Waals surface area contributed by atoms with Crippen LogP contribution >= 0.6 is 0 Å². The number of carboxylic acid groups (broad SMARTS) is 1. The second-order valence-corrected chi connectivity index (χ2v) is 6.39. The molecular formula is C17H24O4. The van der Waals surface area contributed by atoms with Gasteiger partial charge in [-0.2, -0.15) is 0 Å². The fourth-order valence-electron chi connectivity index (χ4n) is 3.80. The lowest BCUT2D eigenvalue weighted by molar-refractivity contribution is -0.144. The average molecular weight is 292 g/mol. The second kappa shape index (κ2) is 6.04.